The zero-order valence-corrected chi connectivity index (χ0v) is 15.2. The normalized spacial score (nSPS) is 15.0. The number of hydrogen-bond acceptors (Lipinski definition) is 3. The van der Waals surface area contributed by atoms with Gasteiger partial charge >= 0.3 is 6.09 Å². The highest BCUT2D eigenvalue weighted by molar-refractivity contribution is 9.10. The molecule has 1 amide bonds. The Morgan fingerprint density at radius 3 is 2.56 bits per heavy atom. The molecule has 0 bridgehead atoms. The van der Waals surface area contributed by atoms with Gasteiger partial charge < -0.3 is 14.4 Å². The summed E-state index contributed by atoms with van der Waals surface area (Å²) in [7, 11) is 0. The summed E-state index contributed by atoms with van der Waals surface area (Å²) >= 11 is 3.15. The molecule has 0 N–H and O–H groups in total. The molecule has 0 saturated carbocycles. The fourth-order valence-electron chi connectivity index (χ4n) is 2.71. The Bertz CT molecular complexity index is 718. The molecule has 1 heterocycles. The maximum Gasteiger partial charge on any atom is 0.410 e. The second kappa shape index (κ2) is 8.34. The number of nitrogens with zero attached hydrogens (tertiary/aromatic N) is 1. The molecule has 1 fully saturated rings. The molecule has 0 spiro atoms. The van der Waals surface area contributed by atoms with Gasteiger partial charge in [0, 0.05) is 25.9 Å². The third-order valence-corrected chi connectivity index (χ3v) is 4.71. The molecule has 1 aliphatic heterocycles. The number of hydrogen-bond donors (Lipinski definition) is 0. The average molecular weight is 408 g/mol. The Morgan fingerprint density at radius 1 is 1.16 bits per heavy atom. The standard InChI is InChI=1S/C19H19BrFNO3/c20-17-12-16(6-7-18(17)21)25-15-8-10-22(11-9-15)19(23)24-13-14-4-2-1-3-5-14/h1-7,12,15H,8-11,13H2. The highest BCUT2D eigenvalue weighted by Gasteiger charge is 2.25. The molecule has 2 aromatic rings. The van der Waals surface area contributed by atoms with Crippen molar-refractivity contribution in [2.75, 3.05) is 13.1 Å². The van der Waals surface area contributed by atoms with Crippen molar-refractivity contribution in [2.45, 2.75) is 25.6 Å². The van der Waals surface area contributed by atoms with Gasteiger partial charge in [0.1, 0.15) is 24.3 Å². The number of carbonyl (C=O) groups is 1. The van der Waals surface area contributed by atoms with Gasteiger partial charge in [-0.1, -0.05) is 30.3 Å². The van der Waals surface area contributed by atoms with Crippen LogP contribution in [0.1, 0.15) is 18.4 Å². The molecule has 25 heavy (non-hydrogen) atoms. The van der Waals surface area contributed by atoms with Crippen molar-refractivity contribution in [1.29, 1.82) is 0 Å². The summed E-state index contributed by atoms with van der Waals surface area (Å²) in [4.78, 5) is 13.8. The highest BCUT2D eigenvalue weighted by atomic mass is 79.9. The van der Waals surface area contributed by atoms with Crippen LogP contribution in [0.3, 0.4) is 0 Å². The van der Waals surface area contributed by atoms with Crippen molar-refractivity contribution in [3.05, 3.63) is 64.4 Å². The molecule has 0 radical (unpaired) electrons. The van der Waals surface area contributed by atoms with E-state index in [1.165, 1.54) is 6.07 Å². The number of halogens is 2. The zero-order chi connectivity index (χ0) is 17.6. The Labute approximate surface area is 154 Å². The third-order valence-electron chi connectivity index (χ3n) is 4.10. The SMILES string of the molecule is O=C(OCc1ccccc1)N1CCC(Oc2ccc(F)c(Br)c2)CC1. The van der Waals surface area contributed by atoms with Crippen LogP contribution in [0.15, 0.2) is 53.0 Å². The van der Waals surface area contributed by atoms with Gasteiger partial charge in [-0.15, -0.1) is 0 Å². The van der Waals surface area contributed by atoms with E-state index in [1.54, 1.807) is 17.0 Å². The van der Waals surface area contributed by atoms with E-state index in [1.807, 2.05) is 30.3 Å². The van der Waals surface area contributed by atoms with Crippen molar-refractivity contribution in [3.8, 4) is 5.75 Å². The van der Waals surface area contributed by atoms with Crippen molar-refractivity contribution in [1.82, 2.24) is 4.90 Å². The molecular formula is C19H19BrFNO3. The van der Waals surface area contributed by atoms with Crippen LogP contribution in [0.25, 0.3) is 0 Å². The number of ether oxygens (including phenoxy) is 2. The number of benzene rings is 2. The number of rotatable bonds is 4. The first-order valence-corrected chi connectivity index (χ1v) is 8.98. The monoisotopic (exact) mass is 407 g/mol. The lowest BCUT2D eigenvalue weighted by Crippen LogP contribution is -2.42. The Hall–Kier alpha value is -2.08. The highest BCUT2D eigenvalue weighted by Crippen LogP contribution is 2.25. The summed E-state index contributed by atoms with van der Waals surface area (Å²) in [5.41, 5.74) is 0.968. The van der Waals surface area contributed by atoms with Crippen LogP contribution in [-0.4, -0.2) is 30.2 Å². The summed E-state index contributed by atoms with van der Waals surface area (Å²) < 4.78 is 24.9. The number of amides is 1. The quantitative estimate of drug-likeness (QED) is 0.732. The molecule has 4 nitrogen and oxygen atoms in total. The zero-order valence-electron chi connectivity index (χ0n) is 13.7. The van der Waals surface area contributed by atoms with Crippen LogP contribution in [0, 0.1) is 5.82 Å². The second-order valence-electron chi connectivity index (χ2n) is 5.92. The van der Waals surface area contributed by atoms with Gasteiger partial charge in [-0.2, -0.15) is 0 Å². The molecule has 0 atom stereocenters. The minimum Gasteiger partial charge on any atom is -0.490 e. The van der Waals surface area contributed by atoms with Crippen LogP contribution in [0.4, 0.5) is 9.18 Å². The van der Waals surface area contributed by atoms with Crippen molar-refractivity contribution in [3.63, 3.8) is 0 Å². The molecule has 0 aromatic heterocycles. The maximum atomic E-state index is 13.3. The largest absolute Gasteiger partial charge is 0.490 e. The fraction of sp³-hybridized carbons (Fsp3) is 0.316. The average Bonchev–Trinajstić information content (AvgIpc) is 2.64. The minimum atomic E-state index is -0.316. The smallest absolute Gasteiger partial charge is 0.410 e. The number of likely N-dealkylation sites (tertiary alicyclic amines) is 1. The Morgan fingerprint density at radius 2 is 1.88 bits per heavy atom. The van der Waals surface area contributed by atoms with Crippen molar-refractivity contribution >= 4 is 22.0 Å². The van der Waals surface area contributed by atoms with Crippen LogP contribution >= 0.6 is 15.9 Å². The van der Waals surface area contributed by atoms with E-state index in [4.69, 9.17) is 9.47 Å². The van der Waals surface area contributed by atoms with Gasteiger partial charge in [-0.05, 0) is 39.7 Å². The van der Waals surface area contributed by atoms with E-state index < -0.39 is 0 Å². The third kappa shape index (κ3) is 4.95. The van der Waals surface area contributed by atoms with E-state index in [2.05, 4.69) is 15.9 Å². The predicted octanol–water partition coefficient (Wildman–Crippen LogP) is 4.77. The van der Waals surface area contributed by atoms with Crippen LogP contribution in [0.2, 0.25) is 0 Å². The first kappa shape index (κ1) is 17.7. The lowest BCUT2D eigenvalue weighted by Gasteiger charge is -2.31. The van der Waals surface area contributed by atoms with Crippen LogP contribution in [0.5, 0.6) is 5.75 Å². The van der Waals surface area contributed by atoms with Crippen LogP contribution < -0.4 is 4.74 Å². The lowest BCUT2D eigenvalue weighted by molar-refractivity contribution is 0.0638. The maximum absolute atomic E-state index is 13.3. The van der Waals surface area contributed by atoms with Gasteiger partial charge in [0.25, 0.3) is 0 Å². The Kier molecular flexibility index (Phi) is 5.91. The van der Waals surface area contributed by atoms with E-state index >= 15 is 0 Å². The van der Waals surface area contributed by atoms with E-state index in [0.29, 0.717) is 23.3 Å². The van der Waals surface area contributed by atoms with Crippen molar-refractivity contribution < 1.29 is 18.7 Å². The van der Waals surface area contributed by atoms with Gasteiger partial charge in [0.05, 0.1) is 4.47 Å². The second-order valence-corrected chi connectivity index (χ2v) is 6.77. The summed E-state index contributed by atoms with van der Waals surface area (Å²) in [6, 6.07) is 14.2. The topological polar surface area (TPSA) is 38.8 Å². The first-order valence-electron chi connectivity index (χ1n) is 8.19. The molecule has 1 aliphatic rings. The van der Waals surface area contributed by atoms with Crippen molar-refractivity contribution in [2.24, 2.45) is 0 Å². The summed E-state index contributed by atoms with van der Waals surface area (Å²) in [6.07, 6.45) is 1.15. The minimum absolute atomic E-state index is 0.00975. The summed E-state index contributed by atoms with van der Waals surface area (Å²) in [6.45, 7) is 1.45. The molecular weight excluding hydrogens is 389 g/mol. The van der Waals surface area contributed by atoms with Gasteiger partial charge in [0.2, 0.25) is 0 Å². The number of carbonyl (C=O) groups excluding carboxylic acids is 1. The van der Waals surface area contributed by atoms with Crippen LogP contribution in [-0.2, 0) is 11.3 Å². The molecule has 2 aromatic carbocycles. The summed E-state index contributed by atoms with van der Waals surface area (Å²) in [5, 5.41) is 0. The molecule has 0 unspecified atom stereocenters. The molecule has 1 saturated heterocycles. The number of piperidine rings is 1. The van der Waals surface area contributed by atoms with E-state index in [-0.39, 0.29) is 24.6 Å². The van der Waals surface area contributed by atoms with Gasteiger partial charge in [-0.3, -0.25) is 0 Å². The van der Waals surface area contributed by atoms with E-state index in [0.717, 1.165) is 18.4 Å². The lowest BCUT2D eigenvalue weighted by atomic mass is 10.1. The molecule has 3 rings (SSSR count). The fourth-order valence-corrected chi connectivity index (χ4v) is 3.07. The van der Waals surface area contributed by atoms with E-state index in [9.17, 15) is 9.18 Å². The summed E-state index contributed by atoms with van der Waals surface area (Å²) in [5.74, 6) is 0.307. The molecule has 6 heteroatoms. The Balaban J connectivity index is 1.44. The molecule has 0 aliphatic carbocycles. The first-order chi connectivity index (χ1) is 12.1. The molecule has 132 valence electrons. The van der Waals surface area contributed by atoms with Gasteiger partial charge in [0.15, 0.2) is 0 Å². The predicted molar refractivity (Wildman–Crippen MR) is 96.0 cm³/mol. The van der Waals surface area contributed by atoms with Gasteiger partial charge in [-0.25, -0.2) is 9.18 Å².